The highest BCUT2D eigenvalue weighted by atomic mass is 127. The zero-order valence-electron chi connectivity index (χ0n) is 11.4. The summed E-state index contributed by atoms with van der Waals surface area (Å²) in [6, 6.07) is 0. The van der Waals surface area contributed by atoms with E-state index >= 15 is 0 Å². The van der Waals surface area contributed by atoms with Crippen LogP contribution in [0.25, 0.3) is 0 Å². The highest BCUT2D eigenvalue weighted by Gasteiger charge is 2.45. The van der Waals surface area contributed by atoms with Crippen molar-refractivity contribution in [3.8, 4) is 0 Å². The van der Waals surface area contributed by atoms with E-state index in [1.807, 2.05) is 0 Å². The van der Waals surface area contributed by atoms with Gasteiger partial charge in [0.2, 0.25) is 0 Å². The second kappa shape index (κ2) is 6.58. The van der Waals surface area contributed by atoms with Gasteiger partial charge in [0.1, 0.15) is 9.53 Å². The van der Waals surface area contributed by atoms with Crippen LogP contribution in [0.15, 0.2) is 0 Å². The maximum atomic E-state index is 12.1. The van der Waals surface area contributed by atoms with Gasteiger partial charge in [0.15, 0.2) is 0 Å². The van der Waals surface area contributed by atoms with E-state index in [9.17, 15) is 4.79 Å². The molecule has 1 atom stereocenters. The molecule has 1 unspecified atom stereocenters. The van der Waals surface area contributed by atoms with Gasteiger partial charge in [-0.25, -0.2) is 0 Å². The van der Waals surface area contributed by atoms with Gasteiger partial charge in [-0.15, -0.1) is 0 Å². The van der Waals surface area contributed by atoms with Crippen LogP contribution >= 0.6 is 22.6 Å². The van der Waals surface area contributed by atoms with Crippen LogP contribution in [0.1, 0.15) is 71.1 Å². The number of halogens is 1. The average Bonchev–Trinajstić information content (AvgIpc) is 2.88. The summed E-state index contributed by atoms with van der Waals surface area (Å²) in [6.07, 6.45) is 12.1. The molecule has 18 heavy (non-hydrogen) atoms. The van der Waals surface area contributed by atoms with E-state index in [1.54, 1.807) is 0 Å². The SMILES string of the molecule is CCC(I)C(=O)OC1(C2CCCCC2)CCCC1. The summed E-state index contributed by atoms with van der Waals surface area (Å²) in [5, 5.41) is 0. The third-order valence-corrected chi connectivity index (χ3v) is 6.11. The van der Waals surface area contributed by atoms with Crippen LogP contribution < -0.4 is 0 Å². The molecule has 2 nitrogen and oxygen atoms in total. The number of alkyl halides is 1. The molecule has 0 aromatic carbocycles. The van der Waals surface area contributed by atoms with Crippen molar-refractivity contribution in [1.29, 1.82) is 0 Å². The molecule has 104 valence electrons. The second-order valence-electron chi connectivity index (χ2n) is 5.90. The quantitative estimate of drug-likeness (QED) is 0.413. The van der Waals surface area contributed by atoms with Gasteiger partial charge in [0.25, 0.3) is 0 Å². The summed E-state index contributed by atoms with van der Waals surface area (Å²) in [6.45, 7) is 2.06. The molecule has 2 aliphatic rings. The normalized spacial score (nSPS) is 25.9. The number of hydrogen-bond acceptors (Lipinski definition) is 2. The van der Waals surface area contributed by atoms with E-state index in [4.69, 9.17) is 4.74 Å². The standard InChI is InChI=1S/C15H25IO2/c1-2-13(16)14(17)18-15(10-6-7-11-15)12-8-4-3-5-9-12/h12-13H,2-11H2,1H3. The minimum absolute atomic E-state index is 0.0312. The van der Waals surface area contributed by atoms with Crippen molar-refractivity contribution in [2.75, 3.05) is 0 Å². The van der Waals surface area contributed by atoms with Crippen molar-refractivity contribution >= 4 is 28.6 Å². The van der Waals surface area contributed by atoms with E-state index < -0.39 is 0 Å². The Morgan fingerprint density at radius 2 is 1.83 bits per heavy atom. The molecular formula is C15H25IO2. The number of carbonyl (C=O) groups excluding carboxylic acids is 1. The Bertz CT molecular complexity index is 278. The minimum Gasteiger partial charge on any atom is -0.458 e. The lowest BCUT2D eigenvalue weighted by atomic mass is 9.75. The maximum Gasteiger partial charge on any atom is 0.319 e. The van der Waals surface area contributed by atoms with Gasteiger partial charge >= 0.3 is 5.97 Å². The summed E-state index contributed by atoms with van der Waals surface area (Å²) in [4.78, 5) is 12.1. The monoisotopic (exact) mass is 364 g/mol. The molecule has 0 aromatic rings. The molecule has 0 radical (unpaired) electrons. The minimum atomic E-state index is -0.0872. The van der Waals surface area contributed by atoms with Crippen molar-refractivity contribution in [3.05, 3.63) is 0 Å². The highest BCUT2D eigenvalue weighted by Crippen LogP contribution is 2.45. The lowest BCUT2D eigenvalue weighted by molar-refractivity contribution is -0.166. The fraction of sp³-hybridized carbons (Fsp3) is 0.933. The van der Waals surface area contributed by atoms with Gasteiger partial charge in [-0.1, -0.05) is 48.8 Å². The molecular weight excluding hydrogens is 339 g/mol. The molecule has 0 bridgehead atoms. The van der Waals surface area contributed by atoms with Crippen molar-refractivity contribution in [3.63, 3.8) is 0 Å². The molecule has 0 N–H and O–H groups in total. The van der Waals surface area contributed by atoms with Crippen LogP contribution in [-0.2, 0) is 9.53 Å². The fourth-order valence-corrected chi connectivity index (χ4v) is 3.75. The van der Waals surface area contributed by atoms with E-state index in [-0.39, 0.29) is 15.5 Å². The predicted octanol–water partition coefficient (Wildman–Crippen LogP) is 4.64. The van der Waals surface area contributed by atoms with Crippen LogP contribution in [0.4, 0.5) is 0 Å². The van der Waals surface area contributed by atoms with Gasteiger partial charge in [0.05, 0.1) is 0 Å². The molecule has 0 heterocycles. The van der Waals surface area contributed by atoms with Crippen molar-refractivity contribution < 1.29 is 9.53 Å². The van der Waals surface area contributed by atoms with E-state index in [0.29, 0.717) is 5.92 Å². The van der Waals surface area contributed by atoms with Crippen molar-refractivity contribution in [2.24, 2.45) is 5.92 Å². The topological polar surface area (TPSA) is 26.3 Å². The number of hydrogen-bond donors (Lipinski definition) is 0. The zero-order valence-corrected chi connectivity index (χ0v) is 13.6. The third-order valence-electron chi connectivity index (χ3n) is 4.72. The molecule has 0 spiro atoms. The highest BCUT2D eigenvalue weighted by molar-refractivity contribution is 14.1. The van der Waals surface area contributed by atoms with Gasteiger partial charge in [-0.2, -0.15) is 0 Å². The molecule has 2 saturated carbocycles. The average molecular weight is 364 g/mol. The summed E-state index contributed by atoms with van der Waals surface area (Å²) >= 11 is 2.22. The Morgan fingerprint density at radius 1 is 1.22 bits per heavy atom. The first-order chi connectivity index (χ1) is 8.68. The summed E-state index contributed by atoms with van der Waals surface area (Å²) < 4.78 is 6.08. The lowest BCUT2D eigenvalue weighted by Gasteiger charge is -2.39. The molecule has 2 fully saturated rings. The molecule has 0 aliphatic heterocycles. The van der Waals surface area contributed by atoms with Gasteiger partial charge in [-0.3, -0.25) is 4.79 Å². The number of ether oxygens (including phenoxy) is 1. The van der Waals surface area contributed by atoms with Crippen LogP contribution in [-0.4, -0.2) is 15.5 Å². The Hall–Kier alpha value is 0.200. The largest absolute Gasteiger partial charge is 0.458 e. The number of esters is 1. The van der Waals surface area contributed by atoms with Crippen molar-refractivity contribution in [1.82, 2.24) is 0 Å². The van der Waals surface area contributed by atoms with E-state index in [1.165, 1.54) is 44.9 Å². The summed E-state index contributed by atoms with van der Waals surface area (Å²) in [5.41, 5.74) is -0.0872. The lowest BCUT2D eigenvalue weighted by Crippen LogP contribution is -2.42. The Balaban J connectivity index is 2.04. The van der Waals surface area contributed by atoms with Crippen LogP contribution in [0, 0.1) is 5.92 Å². The first-order valence-corrected chi connectivity index (χ1v) is 8.79. The molecule has 0 aromatic heterocycles. The Labute approximate surface area is 124 Å². The van der Waals surface area contributed by atoms with Crippen LogP contribution in [0.3, 0.4) is 0 Å². The number of rotatable bonds is 4. The molecule has 2 aliphatic carbocycles. The second-order valence-corrected chi connectivity index (χ2v) is 7.41. The van der Waals surface area contributed by atoms with Crippen LogP contribution in [0.2, 0.25) is 0 Å². The third kappa shape index (κ3) is 3.20. The van der Waals surface area contributed by atoms with E-state index in [2.05, 4.69) is 29.5 Å². The summed E-state index contributed by atoms with van der Waals surface area (Å²) in [5.74, 6) is 0.670. The molecule has 2 rings (SSSR count). The molecule has 3 heteroatoms. The van der Waals surface area contributed by atoms with Crippen LogP contribution in [0.5, 0.6) is 0 Å². The summed E-state index contributed by atoms with van der Waals surface area (Å²) in [7, 11) is 0. The maximum absolute atomic E-state index is 12.1. The van der Waals surface area contributed by atoms with Gasteiger partial charge in [0, 0.05) is 0 Å². The zero-order chi connectivity index (χ0) is 13.0. The van der Waals surface area contributed by atoms with Gasteiger partial charge < -0.3 is 4.74 Å². The van der Waals surface area contributed by atoms with Gasteiger partial charge in [-0.05, 0) is 50.9 Å². The molecule has 0 saturated heterocycles. The Morgan fingerprint density at radius 3 is 2.39 bits per heavy atom. The van der Waals surface area contributed by atoms with E-state index in [0.717, 1.165) is 19.3 Å². The first-order valence-electron chi connectivity index (χ1n) is 7.55. The Kier molecular flexibility index (Phi) is 5.34. The van der Waals surface area contributed by atoms with Crippen molar-refractivity contribution in [2.45, 2.75) is 80.7 Å². The fourth-order valence-electron chi connectivity index (χ4n) is 3.63. The molecule has 0 amide bonds. The number of carbonyl (C=O) groups is 1. The smallest absolute Gasteiger partial charge is 0.319 e. The first kappa shape index (κ1) is 14.6. The predicted molar refractivity (Wildman–Crippen MR) is 82.0 cm³/mol.